The predicted molar refractivity (Wildman–Crippen MR) is 65.9 cm³/mol. The lowest BCUT2D eigenvalue weighted by atomic mass is 10.00. The lowest BCUT2D eigenvalue weighted by molar-refractivity contribution is 0.0699. The Morgan fingerprint density at radius 3 is 2.62 bits per heavy atom. The Labute approximate surface area is 97.2 Å². The maximum atomic E-state index is 11.1. The highest BCUT2D eigenvalue weighted by molar-refractivity contribution is 7.14. The molecule has 0 aliphatic carbocycles. The number of nitrogen functional groups attached to an aromatic ring is 1. The Hall–Kier alpha value is -1.81. The number of nitrogens with two attached hydrogens (primary N) is 1. The number of carbonyl (C=O) groups is 1. The zero-order valence-corrected chi connectivity index (χ0v) is 9.54. The standard InChI is InChI=1S/C12H11NO2S/c1-7-4-2-3-5-8(7)9-6-16-11(13)10(9)12(14)15/h2-6H,13H2,1H3,(H,14,15). The fourth-order valence-corrected chi connectivity index (χ4v) is 2.47. The molecule has 0 saturated heterocycles. The molecule has 3 N–H and O–H groups in total. The summed E-state index contributed by atoms with van der Waals surface area (Å²) in [6.45, 7) is 1.95. The number of thiophene rings is 1. The van der Waals surface area contributed by atoms with Gasteiger partial charge in [0.15, 0.2) is 0 Å². The molecule has 1 aromatic heterocycles. The van der Waals surface area contributed by atoms with Crippen LogP contribution in [0.3, 0.4) is 0 Å². The van der Waals surface area contributed by atoms with Gasteiger partial charge in [-0.1, -0.05) is 24.3 Å². The zero-order chi connectivity index (χ0) is 11.7. The van der Waals surface area contributed by atoms with Gasteiger partial charge in [-0.3, -0.25) is 0 Å². The average molecular weight is 233 g/mol. The summed E-state index contributed by atoms with van der Waals surface area (Å²) in [5.74, 6) is -0.975. The van der Waals surface area contributed by atoms with Crippen molar-refractivity contribution in [3.8, 4) is 11.1 Å². The first-order valence-corrected chi connectivity index (χ1v) is 5.65. The second-order valence-electron chi connectivity index (χ2n) is 3.51. The van der Waals surface area contributed by atoms with E-state index in [4.69, 9.17) is 10.8 Å². The van der Waals surface area contributed by atoms with Gasteiger partial charge in [-0.15, -0.1) is 11.3 Å². The van der Waals surface area contributed by atoms with E-state index in [0.717, 1.165) is 11.1 Å². The van der Waals surface area contributed by atoms with E-state index in [-0.39, 0.29) is 5.56 Å². The highest BCUT2D eigenvalue weighted by Gasteiger charge is 2.18. The fourth-order valence-electron chi connectivity index (χ4n) is 1.67. The monoisotopic (exact) mass is 233 g/mol. The van der Waals surface area contributed by atoms with Gasteiger partial charge in [-0.2, -0.15) is 0 Å². The third-order valence-electron chi connectivity index (χ3n) is 2.47. The van der Waals surface area contributed by atoms with Gasteiger partial charge in [0.1, 0.15) is 10.6 Å². The second-order valence-corrected chi connectivity index (χ2v) is 4.42. The van der Waals surface area contributed by atoms with Gasteiger partial charge in [0.25, 0.3) is 0 Å². The number of benzene rings is 1. The van der Waals surface area contributed by atoms with Crippen LogP contribution in [0.1, 0.15) is 15.9 Å². The number of aryl methyl sites for hydroxylation is 1. The number of anilines is 1. The minimum Gasteiger partial charge on any atom is -0.478 e. The Morgan fingerprint density at radius 1 is 1.31 bits per heavy atom. The molecule has 0 spiro atoms. The number of carboxylic acid groups (broad SMARTS) is 1. The topological polar surface area (TPSA) is 63.3 Å². The molecule has 0 aliphatic heterocycles. The smallest absolute Gasteiger partial charge is 0.339 e. The van der Waals surface area contributed by atoms with E-state index in [9.17, 15) is 4.79 Å². The fraction of sp³-hybridized carbons (Fsp3) is 0.0833. The van der Waals surface area contributed by atoms with Crippen molar-refractivity contribution in [1.29, 1.82) is 0 Å². The minimum atomic E-state index is -0.975. The van der Waals surface area contributed by atoms with E-state index in [1.54, 1.807) is 5.38 Å². The van der Waals surface area contributed by atoms with E-state index in [1.165, 1.54) is 11.3 Å². The third kappa shape index (κ3) is 1.67. The predicted octanol–water partition coefficient (Wildman–Crippen LogP) is 3.00. The molecule has 0 aliphatic rings. The van der Waals surface area contributed by atoms with E-state index in [2.05, 4.69) is 0 Å². The molecule has 2 rings (SSSR count). The van der Waals surface area contributed by atoms with Gasteiger partial charge >= 0.3 is 5.97 Å². The molecule has 1 heterocycles. The molecule has 0 bridgehead atoms. The largest absolute Gasteiger partial charge is 0.478 e. The van der Waals surface area contributed by atoms with E-state index < -0.39 is 5.97 Å². The maximum absolute atomic E-state index is 11.1. The van der Waals surface area contributed by atoms with Gasteiger partial charge in [0.05, 0.1) is 0 Å². The quantitative estimate of drug-likeness (QED) is 0.838. The normalized spacial score (nSPS) is 10.3. The van der Waals surface area contributed by atoms with Crippen LogP contribution >= 0.6 is 11.3 Å². The first-order chi connectivity index (χ1) is 7.61. The molecule has 16 heavy (non-hydrogen) atoms. The van der Waals surface area contributed by atoms with Crippen LogP contribution in [0.4, 0.5) is 5.00 Å². The van der Waals surface area contributed by atoms with Crippen molar-refractivity contribution in [3.63, 3.8) is 0 Å². The molecule has 0 unspecified atom stereocenters. The van der Waals surface area contributed by atoms with Crippen molar-refractivity contribution in [2.24, 2.45) is 0 Å². The molecule has 0 radical (unpaired) electrons. The Morgan fingerprint density at radius 2 is 2.00 bits per heavy atom. The summed E-state index contributed by atoms with van der Waals surface area (Å²) < 4.78 is 0. The van der Waals surface area contributed by atoms with E-state index in [1.807, 2.05) is 31.2 Å². The van der Waals surface area contributed by atoms with Crippen molar-refractivity contribution in [3.05, 3.63) is 40.8 Å². The highest BCUT2D eigenvalue weighted by atomic mass is 32.1. The molecule has 2 aromatic rings. The number of hydrogen-bond acceptors (Lipinski definition) is 3. The molecule has 3 nitrogen and oxygen atoms in total. The van der Waals surface area contributed by atoms with Gasteiger partial charge in [0.2, 0.25) is 0 Å². The highest BCUT2D eigenvalue weighted by Crippen LogP contribution is 2.34. The van der Waals surface area contributed by atoms with Gasteiger partial charge < -0.3 is 10.8 Å². The average Bonchev–Trinajstić information content (AvgIpc) is 2.61. The molecule has 0 fully saturated rings. The summed E-state index contributed by atoms with van der Waals surface area (Å²) in [5.41, 5.74) is 8.55. The molecule has 82 valence electrons. The van der Waals surface area contributed by atoms with E-state index >= 15 is 0 Å². The summed E-state index contributed by atoms with van der Waals surface area (Å²) >= 11 is 1.26. The summed E-state index contributed by atoms with van der Waals surface area (Å²) in [6.07, 6.45) is 0. The molecular weight excluding hydrogens is 222 g/mol. The van der Waals surface area contributed by atoms with Crippen molar-refractivity contribution in [2.45, 2.75) is 6.92 Å². The number of rotatable bonds is 2. The Balaban J connectivity index is 2.66. The van der Waals surface area contributed by atoms with Crippen LogP contribution in [0.25, 0.3) is 11.1 Å². The first-order valence-electron chi connectivity index (χ1n) is 4.77. The van der Waals surface area contributed by atoms with Crippen molar-refractivity contribution < 1.29 is 9.90 Å². The molecular formula is C12H11NO2S. The van der Waals surface area contributed by atoms with E-state index in [0.29, 0.717) is 10.6 Å². The molecule has 1 aromatic carbocycles. The number of hydrogen-bond donors (Lipinski definition) is 2. The van der Waals surface area contributed by atoms with Crippen molar-refractivity contribution in [1.82, 2.24) is 0 Å². The van der Waals surface area contributed by atoms with Gasteiger partial charge in [-0.25, -0.2) is 4.79 Å². The third-order valence-corrected chi connectivity index (χ3v) is 3.28. The molecule has 0 saturated carbocycles. The molecule has 0 atom stereocenters. The Bertz CT molecular complexity index is 546. The van der Waals surface area contributed by atoms with Gasteiger partial charge in [0, 0.05) is 10.9 Å². The van der Waals surface area contributed by atoms with Crippen LogP contribution in [-0.2, 0) is 0 Å². The van der Waals surface area contributed by atoms with Gasteiger partial charge in [-0.05, 0) is 18.1 Å². The number of carboxylic acids is 1. The Kier molecular flexibility index (Phi) is 2.66. The van der Waals surface area contributed by atoms with Crippen LogP contribution in [0, 0.1) is 6.92 Å². The van der Waals surface area contributed by atoms with Crippen LogP contribution in [0.5, 0.6) is 0 Å². The zero-order valence-electron chi connectivity index (χ0n) is 8.73. The molecule has 0 amide bonds. The summed E-state index contributed by atoms with van der Waals surface area (Å²) in [7, 11) is 0. The lowest BCUT2D eigenvalue weighted by Crippen LogP contribution is -2.00. The van der Waals surface area contributed by atoms with Crippen LogP contribution in [0.2, 0.25) is 0 Å². The van der Waals surface area contributed by atoms with Crippen LogP contribution in [-0.4, -0.2) is 11.1 Å². The second kappa shape index (κ2) is 3.98. The summed E-state index contributed by atoms with van der Waals surface area (Å²) in [6, 6.07) is 7.68. The lowest BCUT2D eigenvalue weighted by Gasteiger charge is -2.04. The van der Waals surface area contributed by atoms with Crippen LogP contribution < -0.4 is 5.73 Å². The van der Waals surface area contributed by atoms with Crippen molar-refractivity contribution in [2.75, 3.05) is 5.73 Å². The SMILES string of the molecule is Cc1ccccc1-c1csc(N)c1C(=O)O. The minimum absolute atomic E-state index is 0.208. The maximum Gasteiger partial charge on any atom is 0.339 e. The molecule has 4 heteroatoms. The summed E-state index contributed by atoms with van der Waals surface area (Å²) in [4.78, 5) is 11.1. The number of aromatic carboxylic acids is 1. The van der Waals surface area contributed by atoms with Crippen LogP contribution in [0.15, 0.2) is 29.6 Å². The van der Waals surface area contributed by atoms with Crippen molar-refractivity contribution >= 4 is 22.3 Å². The summed E-state index contributed by atoms with van der Waals surface area (Å²) in [5, 5.41) is 11.3. The first kappa shape index (κ1) is 10.7.